The summed E-state index contributed by atoms with van der Waals surface area (Å²) in [6.07, 6.45) is 1.79. The molecular weight excluding hydrogens is 315 g/mol. The molecule has 0 radical (unpaired) electrons. The van der Waals surface area contributed by atoms with E-state index >= 15 is 0 Å². The summed E-state index contributed by atoms with van der Waals surface area (Å²) in [7, 11) is -3.69. The zero-order valence-electron chi connectivity index (χ0n) is 11.7. The molecule has 0 bridgehead atoms. The number of benzene rings is 1. The van der Waals surface area contributed by atoms with Gasteiger partial charge in [-0.25, -0.2) is 17.6 Å². The van der Waals surface area contributed by atoms with Crippen LogP contribution in [0, 0.1) is 5.82 Å². The van der Waals surface area contributed by atoms with Gasteiger partial charge in [0.25, 0.3) is 5.91 Å². The molecule has 0 aromatic heterocycles. The van der Waals surface area contributed by atoms with E-state index in [0.717, 1.165) is 18.4 Å². The molecule has 7 nitrogen and oxygen atoms in total. The molecule has 22 heavy (non-hydrogen) atoms. The van der Waals surface area contributed by atoms with Crippen LogP contribution in [0.2, 0.25) is 0 Å². The number of hydrogen-bond acceptors (Lipinski definition) is 4. The first kappa shape index (κ1) is 16.2. The number of amides is 1. The van der Waals surface area contributed by atoms with Crippen molar-refractivity contribution in [3.63, 3.8) is 0 Å². The van der Waals surface area contributed by atoms with Gasteiger partial charge < -0.3 is 10.0 Å². The van der Waals surface area contributed by atoms with Crippen LogP contribution in [-0.4, -0.2) is 49.1 Å². The predicted octanol–water partition coefficient (Wildman–Crippen LogP) is 0.886. The van der Waals surface area contributed by atoms with Gasteiger partial charge in [-0.05, 0) is 31.0 Å². The minimum absolute atomic E-state index is 0.0284. The van der Waals surface area contributed by atoms with E-state index in [1.165, 1.54) is 11.0 Å². The van der Waals surface area contributed by atoms with Crippen LogP contribution in [0.5, 0.6) is 0 Å². The zero-order valence-corrected chi connectivity index (χ0v) is 12.6. The van der Waals surface area contributed by atoms with E-state index < -0.39 is 33.8 Å². The number of nitrogens with zero attached hydrogens (tertiary/aromatic N) is 1. The summed E-state index contributed by atoms with van der Waals surface area (Å²) < 4.78 is 37.9. The Morgan fingerprint density at radius 2 is 2.09 bits per heavy atom. The summed E-state index contributed by atoms with van der Waals surface area (Å²) in [5.74, 6) is -2.48. The van der Waals surface area contributed by atoms with Crippen LogP contribution in [0.15, 0.2) is 18.2 Å². The van der Waals surface area contributed by atoms with Gasteiger partial charge in [-0.15, -0.1) is 0 Å². The summed E-state index contributed by atoms with van der Waals surface area (Å²) in [6.45, 7) is 0.294. The molecule has 9 heteroatoms. The van der Waals surface area contributed by atoms with Crippen molar-refractivity contribution in [2.75, 3.05) is 17.5 Å². The fourth-order valence-corrected chi connectivity index (χ4v) is 2.92. The molecule has 0 saturated carbocycles. The van der Waals surface area contributed by atoms with Gasteiger partial charge in [0.05, 0.1) is 11.9 Å². The normalized spacial score (nSPS) is 18.3. The van der Waals surface area contributed by atoms with E-state index in [-0.39, 0.29) is 11.3 Å². The van der Waals surface area contributed by atoms with Crippen LogP contribution >= 0.6 is 0 Å². The number of carbonyl (C=O) groups excluding carboxylic acids is 1. The Labute approximate surface area is 126 Å². The summed E-state index contributed by atoms with van der Waals surface area (Å²) in [4.78, 5) is 24.7. The lowest BCUT2D eigenvalue weighted by molar-refractivity contribution is -0.141. The lowest BCUT2D eigenvalue weighted by Crippen LogP contribution is -2.40. The van der Waals surface area contributed by atoms with Gasteiger partial charge in [-0.2, -0.15) is 0 Å². The zero-order chi connectivity index (χ0) is 16.5. The molecule has 2 rings (SSSR count). The van der Waals surface area contributed by atoms with E-state index in [1.54, 1.807) is 0 Å². The first-order valence-electron chi connectivity index (χ1n) is 6.50. The molecule has 1 aromatic carbocycles. The number of halogens is 1. The largest absolute Gasteiger partial charge is 0.480 e. The molecule has 1 heterocycles. The van der Waals surface area contributed by atoms with Crippen LogP contribution in [-0.2, 0) is 14.8 Å². The van der Waals surface area contributed by atoms with Crippen LogP contribution in [0.25, 0.3) is 0 Å². The van der Waals surface area contributed by atoms with Crippen molar-refractivity contribution in [3.8, 4) is 0 Å². The van der Waals surface area contributed by atoms with Crippen molar-refractivity contribution in [1.29, 1.82) is 0 Å². The quantitative estimate of drug-likeness (QED) is 0.853. The third-order valence-corrected chi connectivity index (χ3v) is 3.90. The van der Waals surface area contributed by atoms with Gasteiger partial charge in [0, 0.05) is 12.1 Å². The van der Waals surface area contributed by atoms with Crippen LogP contribution < -0.4 is 4.72 Å². The maximum Gasteiger partial charge on any atom is 0.326 e. The first-order valence-corrected chi connectivity index (χ1v) is 8.39. The Balaban J connectivity index is 2.31. The molecule has 1 fully saturated rings. The highest BCUT2D eigenvalue weighted by Gasteiger charge is 2.34. The molecular formula is C13H15FN2O5S. The van der Waals surface area contributed by atoms with Gasteiger partial charge in [0.2, 0.25) is 10.0 Å². The summed E-state index contributed by atoms with van der Waals surface area (Å²) in [5, 5.41) is 9.09. The van der Waals surface area contributed by atoms with E-state index in [1.807, 2.05) is 4.72 Å². The number of aliphatic carboxylic acids is 1. The Morgan fingerprint density at radius 3 is 2.68 bits per heavy atom. The molecule has 1 aliphatic rings. The predicted molar refractivity (Wildman–Crippen MR) is 76.6 cm³/mol. The standard InChI is InChI=1S/C13H15FN2O5S/c1-22(20,21)15-10-7-8(4-5-9(10)14)12(17)16-6-2-3-11(16)13(18)19/h4-5,7,11,15H,2-3,6H2,1H3,(H,18,19). The molecule has 1 aromatic rings. The second-order valence-electron chi connectivity index (χ2n) is 5.06. The molecule has 1 atom stereocenters. The Morgan fingerprint density at radius 1 is 1.41 bits per heavy atom. The number of carboxylic acids is 1. The second-order valence-corrected chi connectivity index (χ2v) is 6.81. The van der Waals surface area contributed by atoms with E-state index in [0.29, 0.717) is 19.4 Å². The lowest BCUT2D eigenvalue weighted by Gasteiger charge is -2.21. The second kappa shape index (κ2) is 5.91. The average molecular weight is 330 g/mol. The van der Waals surface area contributed by atoms with Crippen LogP contribution in [0.4, 0.5) is 10.1 Å². The van der Waals surface area contributed by atoms with Crippen molar-refractivity contribution in [2.24, 2.45) is 0 Å². The number of hydrogen-bond donors (Lipinski definition) is 2. The number of rotatable bonds is 4. The number of carbonyl (C=O) groups is 2. The number of nitrogens with one attached hydrogen (secondary N) is 1. The van der Waals surface area contributed by atoms with E-state index in [4.69, 9.17) is 5.11 Å². The highest BCUT2D eigenvalue weighted by atomic mass is 32.2. The van der Waals surface area contributed by atoms with Gasteiger partial charge >= 0.3 is 5.97 Å². The van der Waals surface area contributed by atoms with Gasteiger partial charge in [0.1, 0.15) is 11.9 Å². The van der Waals surface area contributed by atoms with E-state index in [2.05, 4.69) is 0 Å². The fourth-order valence-electron chi connectivity index (χ4n) is 2.37. The SMILES string of the molecule is CS(=O)(=O)Nc1cc(C(=O)N2CCCC2C(=O)O)ccc1F. The molecule has 1 saturated heterocycles. The third-order valence-electron chi connectivity index (χ3n) is 3.31. The van der Waals surface area contributed by atoms with Crippen molar-refractivity contribution in [1.82, 2.24) is 4.90 Å². The Kier molecular flexibility index (Phi) is 4.36. The minimum Gasteiger partial charge on any atom is -0.480 e. The number of sulfonamides is 1. The topological polar surface area (TPSA) is 104 Å². The smallest absolute Gasteiger partial charge is 0.326 e. The molecule has 120 valence electrons. The van der Waals surface area contributed by atoms with Crippen molar-refractivity contribution in [2.45, 2.75) is 18.9 Å². The maximum absolute atomic E-state index is 13.6. The molecule has 1 aliphatic heterocycles. The fraction of sp³-hybridized carbons (Fsp3) is 0.385. The maximum atomic E-state index is 13.6. The lowest BCUT2D eigenvalue weighted by atomic mass is 10.1. The molecule has 2 N–H and O–H groups in total. The number of anilines is 1. The monoisotopic (exact) mass is 330 g/mol. The van der Waals surface area contributed by atoms with Gasteiger partial charge in [0.15, 0.2) is 0 Å². The molecule has 1 unspecified atom stereocenters. The summed E-state index contributed by atoms with van der Waals surface area (Å²) in [5.41, 5.74) is -0.319. The Hall–Kier alpha value is -2.16. The van der Waals surface area contributed by atoms with E-state index in [9.17, 15) is 22.4 Å². The molecule has 0 aliphatic carbocycles. The van der Waals surface area contributed by atoms with Crippen molar-refractivity contribution < 1.29 is 27.5 Å². The van der Waals surface area contributed by atoms with Crippen molar-refractivity contribution >= 4 is 27.6 Å². The molecule has 0 spiro atoms. The summed E-state index contributed by atoms with van der Waals surface area (Å²) >= 11 is 0. The van der Waals surface area contributed by atoms with Crippen LogP contribution in [0.3, 0.4) is 0 Å². The Bertz CT molecular complexity index is 719. The number of carboxylic acid groups (broad SMARTS) is 1. The minimum atomic E-state index is -3.69. The first-order chi connectivity index (χ1) is 10.2. The average Bonchev–Trinajstić information content (AvgIpc) is 2.88. The number of likely N-dealkylation sites (tertiary alicyclic amines) is 1. The van der Waals surface area contributed by atoms with Crippen LogP contribution in [0.1, 0.15) is 23.2 Å². The van der Waals surface area contributed by atoms with Gasteiger partial charge in [-0.1, -0.05) is 0 Å². The van der Waals surface area contributed by atoms with Crippen molar-refractivity contribution in [3.05, 3.63) is 29.6 Å². The highest BCUT2D eigenvalue weighted by Crippen LogP contribution is 2.23. The summed E-state index contributed by atoms with van der Waals surface area (Å²) in [6, 6.07) is 2.31. The molecule has 1 amide bonds. The van der Waals surface area contributed by atoms with Gasteiger partial charge in [-0.3, -0.25) is 9.52 Å². The highest BCUT2D eigenvalue weighted by molar-refractivity contribution is 7.92. The third kappa shape index (κ3) is 3.53.